The number of ether oxygens (including phenoxy) is 3. The molecule has 8 heteroatoms. The predicted octanol–water partition coefficient (Wildman–Crippen LogP) is 3.30. The van der Waals surface area contributed by atoms with E-state index in [2.05, 4.69) is 14.6 Å². The Bertz CT molecular complexity index is 948. The highest BCUT2D eigenvalue weighted by atomic mass is 16.6. The van der Waals surface area contributed by atoms with Gasteiger partial charge >= 0.3 is 12.1 Å². The first-order valence-corrected chi connectivity index (χ1v) is 8.33. The van der Waals surface area contributed by atoms with Crippen LogP contribution in [0.5, 0.6) is 5.75 Å². The summed E-state index contributed by atoms with van der Waals surface area (Å²) in [7, 11) is 1.34. The van der Waals surface area contributed by atoms with Gasteiger partial charge in [0.2, 0.25) is 0 Å². The highest BCUT2D eigenvalue weighted by molar-refractivity contribution is 5.89. The molecule has 3 aromatic rings. The molecule has 1 aromatic heterocycles. The molecule has 28 heavy (non-hydrogen) atoms. The topological polar surface area (TPSA) is 114 Å². The van der Waals surface area contributed by atoms with E-state index in [9.17, 15) is 9.59 Å². The second-order valence-electron chi connectivity index (χ2n) is 5.79. The van der Waals surface area contributed by atoms with Crippen LogP contribution in [0.2, 0.25) is 0 Å². The standard InChI is InChI=1S/C20H18N2O6/c1-25-19(23)15-4-2-13(3-5-15)11-26-16-8-6-14(7-9-16)18-10-17(28-22-18)12-27-20(21)24/h2-10H,11-12H2,1H3,(H2,21,24). The Balaban J connectivity index is 1.57. The maximum Gasteiger partial charge on any atom is 0.404 e. The first-order valence-electron chi connectivity index (χ1n) is 8.33. The van der Waals surface area contributed by atoms with Gasteiger partial charge in [-0.15, -0.1) is 0 Å². The molecule has 0 fully saturated rings. The third-order valence-corrected chi connectivity index (χ3v) is 3.85. The summed E-state index contributed by atoms with van der Waals surface area (Å²) >= 11 is 0. The number of rotatable bonds is 7. The van der Waals surface area contributed by atoms with Crippen molar-refractivity contribution in [1.29, 1.82) is 0 Å². The van der Waals surface area contributed by atoms with E-state index in [-0.39, 0.29) is 12.6 Å². The molecule has 2 N–H and O–H groups in total. The van der Waals surface area contributed by atoms with Crippen molar-refractivity contribution in [3.8, 4) is 17.0 Å². The van der Waals surface area contributed by atoms with E-state index < -0.39 is 6.09 Å². The van der Waals surface area contributed by atoms with Gasteiger partial charge in [0.05, 0.1) is 12.7 Å². The molecule has 8 nitrogen and oxygen atoms in total. The maximum absolute atomic E-state index is 11.4. The van der Waals surface area contributed by atoms with Gasteiger partial charge in [0.15, 0.2) is 12.4 Å². The maximum atomic E-state index is 11.4. The molecule has 0 aliphatic rings. The summed E-state index contributed by atoms with van der Waals surface area (Å²) in [5, 5.41) is 3.93. The van der Waals surface area contributed by atoms with Gasteiger partial charge < -0.3 is 24.5 Å². The van der Waals surface area contributed by atoms with E-state index in [4.69, 9.17) is 15.0 Å². The fourth-order valence-corrected chi connectivity index (χ4v) is 2.40. The van der Waals surface area contributed by atoms with Crippen molar-refractivity contribution in [2.45, 2.75) is 13.2 Å². The van der Waals surface area contributed by atoms with Crippen molar-refractivity contribution in [2.75, 3.05) is 7.11 Å². The molecule has 0 saturated heterocycles. The van der Waals surface area contributed by atoms with Crippen molar-refractivity contribution >= 4 is 12.1 Å². The lowest BCUT2D eigenvalue weighted by Gasteiger charge is -2.07. The molecule has 2 aromatic carbocycles. The highest BCUT2D eigenvalue weighted by Gasteiger charge is 2.09. The number of nitrogens with zero attached hydrogens (tertiary/aromatic N) is 1. The minimum atomic E-state index is -0.876. The quantitative estimate of drug-likeness (QED) is 0.624. The molecule has 0 unspecified atom stereocenters. The first-order chi connectivity index (χ1) is 13.5. The molecule has 0 aliphatic heterocycles. The third-order valence-electron chi connectivity index (χ3n) is 3.85. The molecule has 0 radical (unpaired) electrons. The van der Waals surface area contributed by atoms with E-state index in [1.807, 2.05) is 36.4 Å². The summed E-state index contributed by atoms with van der Waals surface area (Å²) in [4.78, 5) is 22.0. The number of hydrogen-bond acceptors (Lipinski definition) is 7. The first kappa shape index (κ1) is 19.0. The minimum absolute atomic E-state index is 0.0711. The van der Waals surface area contributed by atoms with Crippen LogP contribution in [0.1, 0.15) is 21.7 Å². The van der Waals surface area contributed by atoms with E-state index >= 15 is 0 Å². The monoisotopic (exact) mass is 382 g/mol. The minimum Gasteiger partial charge on any atom is -0.489 e. The summed E-state index contributed by atoms with van der Waals surface area (Å²) < 4.78 is 20.2. The molecular formula is C20H18N2O6. The molecule has 1 amide bonds. The fraction of sp³-hybridized carbons (Fsp3) is 0.150. The van der Waals surface area contributed by atoms with E-state index in [0.29, 0.717) is 29.4 Å². The predicted molar refractivity (Wildman–Crippen MR) is 98.4 cm³/mol. The van der Waals surface area contributed by atoms with Gasteiger partial charge in [-0.3, -0.25) is 0 Å². The molecule has 0 bridgehead atoms. The lowest BCUT2D eigenvalue weighted by atomic mass is 10.1. The Morgan fingerprint density at radius 1 is 1.04 bits per heavy atom. The van der Waals surface area contributed by atoms with Crippen LogP contribution in [0.25, 0.3) is 11.3 Å². The zero-order valence-electron chi connectivity index (χ0n) is 15.1. The SMILES string of the molecule is COC(=O)c1ccc(COc2ccc(-c3cc(COC(N)=O)on3)cc2)cc1. The number of nitrogens with two attached hydrogens (primary N) is 1. The average molecular weight is 382 g/mol. The van der Waals surface area contributed by atoms with Gasteiger partial charge in [-0.1, -0.05) is 17.3 Å². The Labute approximate surface area is 160 Å². The zero-order valence-corrected chi connectivity index (χ0v) is 15.1. The zero-order chi connectivity index (χ0) is 19.9. The number of carbonyl (C=O) groups excluding carboxylic acids is 2. The Kier molecular flexibility index (Phi) is 5.91. The Morgan fingerprint density at radius 2 is 1.75 bits per heavy atom. The number of amides is 1. The fourth-order valence-electron chi connectivity index (χ4n) is 2.40. The average Bonchev–Trinajstić information content (AvgIpc) is 3.20. The summed E-state index contributed by atoms with van der Waals surface area (Å²) in [6, 6.07) is 16.0. The normalized spacial score (nSPS) is 10.3. The van der Waals surface area contributed by atoms with Gasteiger partial charge in [0.1, 0.15) is 18.1 Å². The van der Waals surface area contributed by atoms with Crippen molar-refractivity contribution in [1.82, 2.24) is 5.16 Å². The number of hydrogen-bond donors (Lipinski definition) is 1. The molecule has 144 valence electrons. The van der Waals surface area contributed by atoms with Crippen LogP contribution < -0.4 is 10.5 Å². The summed E-state index contributed by atoms with van der Waals surface area (Å²) in [6.07, 6.45) is -0.876. The Hall–Kier alpha value is -3.81. The van der Waals surface area contributed by atoms with Crippen molar-refractivity contribution < 1.29 is 28.3 Å². The third kappa shape index (κ3) is 4.88. The highest BCUT2D eigenvalue weighted by Crippen LogP contribution is 2.23. The molecule has 0 spiro atoms. The summed E-state index contributed by atoms with van der Waals surface area (Å²) in [6.45, 7) is 0.289. The van der Waals surface area contributed by atoms with Crippen LogP contribution in [-0.4, -0.2) is 24.3 Å². The largest absolute Gasteiger partial charge is 0.489 e. The lowest BCUT2D eigenvalue weighted by molar-refractivity contribution is 0.0600. The number of methoxy groups -OCH3 is 1. The van der Waals surface area contributed by atoms with Crippen LogP contribution in [0.3, 0.4) is 0 Å². The molecule has 0 saturated carbocycles. The van der Waals surface area contributed by atoms with E-state index in [1.165, 1.54) is 7.11 Å². The number of benzene rings is 2. The van der Waals surface area contributed by atoms with Crippen LogP contribution in [0.4, 0.5) is 4.79 Å². The van der Waals surface area contributed by atoms with Crippen molar-refractivity contribution in [3.05, 3.63) is 71.5 Å². The van der Waals surface area contributed by atoms with Crippen LogP contribution in [0, 0.1) is 0 Å². The molecular weight excluding hydrogens is 364 g/mol. The van der Waals surface area contributed by atoms with Crippen LogP contribution in [-0.2, 0) is 22.7 Å². The van der Waals surface area contributed by atoms with Crippen molar-refractivity contribution in [3.63, 3.8) is 0 Å². The van der Waals surface area contributed by atoms with Gasteiger partial charge in [-0.25, -0.2) is 9.59 Å². The molecule has 0 aliphatic carbocycles. The van der Waals surface area contributed by atoms with Gasteiger partial charge in [0, 0.05) is 11.6 Å². The molecule has 3 rings (SSSR count). The lowest BCUT2D eigenvalue weighted by Crippen LogP contribution is -2.12. The molecule has 0 atom stereocenters. The van der Waals surface area contributed by atoms with Crippen molar-refractivity contribution in [2.24, 2.45) is 5.73 Å². The van der Waals surface area contributed by atoms with E-state index in [0.717, 1.165) is 11.1 Å². The number of aromatic nitrogens is 1. The van der Waals surface area contributed by atoms with Gasteiger partial charge in [-0.2, -0.15) is 0 Å². The van der Waals surface area contributed by atoms with Gasteiger partial charge in [0.25, 0.3) is 0 Å². The smallest absolute Gasteiger partial charge is 0.404 e. The van der Waals surface area contributed by atoms with Crippen LogP contribution in [0.15, 0.2) is 59.1 Å². The number of carbonyl (C=O) groups is 2. The second-order valence-corrected chi connectivity index (χ2v) is 5.79. The van der Waals surface area contributed by atoms with E-state index in [1.54, 1.807) is 18.2 Å². The summed E-state index contributed by atoms with van der Waals surface area (Å²) in [5.74, 6) is 0.700. The van der Waals surface area contributed by atoms with Gasteiger partial charge in [-0.05, 0) is 42.0 Å². The Morgan fingerprint density at radius 3 is 2.39 bits per heavy atom. The van der Waals surface area contributed by atoms with Crippen LogP contribution >= 0.6 is 0 Å². The number of primary amides is 1. The molecule has 1 heterocycles. The second kappa shape index (κ2) is 8.72. The number of esters is 1. The summed E-state index contributed by atoms with van der Waals surface area (Å²) in [5.41, 5.74) is 7.76.